The van der Waals surface area contributed by atoms with Crippen LogP contribution in [0.15, 0.2) is 53.7 Å². The molecular weight excluding hydrogens is 396 g/mol. The summed E-state index contributed by atoms with van der Waals surface area (Å²) in [6.45, 7) is 4.55. The van der Waals surface area contributed by atoms with Crippen LogP contribution in [0.3, 0.4) is 0 Å². The maximum atomic E-state index is 12.6. The van der Waals surface area contributed by atoms with Gasteiger partial charge in [-0.15, -0.1) is 10.2 Å². The number of anilines is 1. The smallest absolute Gasteiger partial charge is 0.237 e. The van der Waals surface area contributed by atoms with Gasteiger partial charge in [-0.1, -0.05) is 35.5 Å². The number of benzene rings is 2. The molecule has 1 N–H and O–H groups in total. The standard InChI is InChI=1S/C20H21ClN4O2S/c1-4-25-18(14-9-11-15(21)12-10-14)23-24-20(25)28-13(2)19(26)22-16-7-5-6-8-17(16)27-3/h5-13H,4H2,1-3H3,(H,22,26)/t13-/m1/s1. The predicted molar refractivity (Wildman–Crippen MR) is 113 cm³/mol. The fraction of sp³-hybridized carbons (Fsp3) is 0.250. The highest BCUT2D eigenvalue weighted by Gasteiger charge is 2.21. The van der Waals surface area contributed by atoms with Crippen LogP contribution in [-0.2, 0) is 11.3 Å². The molecule has 0 saturated heterocycles. The van der Waals surface area contributed by atoms with E-state index in [1.807, 2.05) is 54.8 Å². The molecule has 146 valence electrons. The molecule has 0 aliphatic heterocycles. The Hall–Kier alpha value is -2.51. The first-order chi connectivity index (χ1) is 13.5. The van der Waals surface area contributed by atoms with Crippen LogP contribution in [-0.4, -0.2) is 33.0 Å². The molecule has 0 radical (unpaired) electrons. The number of methoxy groups -OCH3 is 1. The van der Waals surface area contributed by atoms with Crippen LogP contribution in [0.5, 0.6) is 5.75 Å². The quantitative estimate of drug-likeness (QED) is 0.563. The van der Waals surface area contributed by atoms with Gasteiger partial charge in [-0.2, -0.15) is 0 Å². The minimum atomic E-state index is -0.363. The summed E-state index contributed by atoms with van der Waals surface area (Å²) < 4.78 is 7.27. The number of hydrogen-bond donors (Lipinski definition) is 1. The lowest BCUT2D eigenvalue weighted by atomic mass is 10.2. The number of carbonyl (C=O) groups excluding carboxylic acids is 1. The van der Waals surface area contributed by atoms with Crippen molar-refractivity contribution in [2.75, 3.05) is 12.4 Å². The highest BCUT2D eigenvalue weighted by atomic mass is 35.5. The summed E-state index contributed by atoms with van der Waals surface area (Å²) >= 11 is 7.33. The van der Waals surface area contributed by atoms with E-state index in [1.54, 1.807) is 19.2 Å². The highest BCUT2D eigenvalue weighted by molar-refractivity contribution is 8.00. The molecule has 6 nitrogen and oxygen atoms in total. The van der Waals surface area contributed by atoms with Crippen LogP contribution in [0.4, 0.5) is 5.69 Å². The Morgan fingerprint density at radius 2 is 1.93 bits per heavy atom. The molecule has 8 heteroatoms. The van der Waals surface area contributed by atoms with Crippen molar-refractivity contribution in [3.8, 4) is 17.1 Å². The van der Waals surface area contributed by atoms with Crippen LogP contribution in [0.25, 0.3) is 11.4 Å². The Labute approximate surface area is 173 Å². The van der Waals surface area contributed by atoms with Gasteiger partial charge in [0.2, 0.25) is 5.91 Å². The monoisotopic (exact) mass is 416 g/mol. The molecule has 2 aromatic carbocycles. The fourth-order valence-electron chi connectivity index (χ4n) is 2.67. The van der Waals surface area contributed by atoms with Crippen LogP contribution in [0.2, 0.25) is 5.02 Å². The lowest BCUT2D eigenvalue weighted by Crippen LogP contribution is -2.23. The number of ether oxygens (including phenoxy) is 1. The van der Waals surface area contributed by atoms with Crippen molar-refractivity contribution in [2.45, 2.75) is 30.8 Å². The van der Waals surface area contributed by atoms with E-state index in [4.69, 9.17) is 16.3 Å². The Balaban J connectivity index is 1.75. The summed E-state index contributed by atoms with van der Waals surface area (Å²) in [6, 6.07) is 14.8. The number of halogens is 1. The molecule has 28 heavy (non-hydrogen) atoms. The summed E-state index contributed by atoms with van der Waals surface area (Å²) in [7, 11) is 1.57. The van der Waals surface area contributed by atoms with Crippen molar-refractivity contribution in [3.63, 3.8) is 0 Å². The third kappa shape index (κ3) is 4.48. The minimum absolute atomic E-state index is 0.131. The lowest BCUT2D eigenvalue weighted by molar-refractivity contribution is -0.115. The van der Waals surface area contributed by atoms with Crippen LogP contribution < -0.4 is 10.1 Å². The van der Waals surface area contributed by atoms with Gasteiger partial charge in [-0.05, 0) is 50.2 Å². The van der Waals surface area contributed by atoms with Gasteiger partial charge in [0.15, 0.2) is 11.0 Å². The molecule has 0 fully saturated rings. The van der Waals surface area contributed by atoms with Gasteiger partial charge in [0, 0.05) is 17.1 Å². The molecule has 1 amide bonds. The zero-order chi connectivity index (χ0) is 20.1. The third-order valence-corrected chi connectivity index (χ3v) is 5.48. The first kappa shape index (κ1) is 20.2. The first-order valence-electron chi connectivity index (χ1n) is 8.83. The second-order valence-corrected chi connectivity index (χ2v) is 7.75. The number of thioether (sulfide) groups is 1. The second kappa shape index (κ2) is 9.12. The van der Waals surface area contributed by atoms with E-state index in [2.05, 4.69) is 15.5 Å². The normalized spacial score (nSPS) is 11.9. The van der Waals surface area contributed by atoms with E-state index in [9.17, 15) is 4.79 Å². The molecule has 0 aliphatic rings. The first-order valence-corrected chi connectivity index (χ1v) is 10.1. The van der Waals surface area contributed by atoms with Crippen molar-refractivity contribution < 1.29 is 9.53 Å². The average molecular weight is 417 g/mol. The maximum absolute atomic E-state index is 12.6. The molecule has 1 aromatic heterocycles. The summed E-state index contributed by atoms with van der Waals surface area (Å²) in [4.78, 5) is 12.6. The molecule has 3 aromatic rings. The maximum Gasteiger partial charge on any atom is 0.237 e. The Kier molecular flexibility index (Phi) is 6.59. The number of aromatic nitrogens is 3. The SMILES string of the molecule is CCn1c(S[C@H](C)C(=O)Nc2ccccc2OC)nnc1-c1ccc(Cl)cc1. The van der Waals surface area contributed by atoms with Crippen LogP contribution in [0.1, 0.15) is 13.8 Å². The van der Waals surface area contributed by atoms with Crippen molar-refractivity contribution in [1.82, 2.24) is 14.8 Å². The molecule has 1 atom stereocenters. The number of amides is 1. The summed E-state index contributed by atoms with van der Waals surface area (Å²) in [6.07, 6.45) is 0. The number of nitrogens with zero attached hydrogens (tertiary/aromatic N) is 3. The minimum Gasteiger partial charge on any atom is -0.495 e. The van der Waals surface area contributed by atoms with Gasteiger partial charge in [0.1, 0.15) is 5.75 Å². The molecule has 3 rings (SSSR count). The van der Waals surface area contributed by atoms with Crippen molar-refractivity contribution >= 4 is 35.0 Å². The van der Waals surface area contributed by atoms with E-state index in [-0.39, 0.29) is 11.2 Å². The molecule has 0 spiro atoms. The van der Waals surface area contributed by atoms with E-state index in [0.29, 0.717) is 28.2 Å². The zero-order valence-corrected chi connectivity index (χ0v) is 17.4. The van der Waals surface area contributed by atoms with E-state index < -0.39 is 0 Å². The van der Waals surface area contributed by atoms with Gasteiger partial charge >= 0.3 is 0 Å². The predicted octanol–water partition coefficient (Wildman–Crippen LogP) is 4.75. The lowest BCUT2D eigenvalue weighted by Gasteiger charge is -2.14. The zero-order valence-electron chi connectivity index (χ0n) is 15.8. The van der Waals surface area contributed by atoms with Crippen LogP contribution in [0, 0.1) is 0 Å². The van der Waals surface area contributed by atoms with Crippen molar-refractivity contribution in [2.24, 2.45) is 0 Å². The second-order valence-electron chi connectivity index (χ2n) is 6.01. The molecule has 0 unspecified atom stereocenters. The van der Waals surface area contributed by atoms with Gasteiger partial charge in [0.05, 0.1) is 18.0 Å². The van der Waals surface area contributed by atoms with Crippen LogP contribution >= 0.6 is 23.4 Å². The molecule has 0 saturated carbocycles. The molecular formula is C20H21ClN4O2S. The number of rotatable bonds is 7. The Morgan fingerprint density at radius 3 is 2.61 bits per heavy atom. The number of para-hydroxylation sites is 2. The topological polar surface area (TPSA) is 69.0 Å². The summed E-state index contributed by atoms with van der Waals surface area (Å²) in [5, 5.41) is 12.5. The Morgan fingerprint density at radius 1 is 1.21 bits per heavy atom. The van der Waals surface area contributed by atoms with E-state index >= 15 is 0 Å². The van der Waals surface area contributed by atoms with Gasteiger partial charge in [0.25, 0.3) is 0 Å². The largest absolute Gasteiger partial charge is 0.495 e. The molecule has 0 aliphatic carbocycles. The van der Waals surface area contributed by atoms with Crippen molar-refractivity contribution in [3.05, 3.63) is 53.6 Å². The van der Waals surface area contributed by atoms with E-state index in [1.165, 1.54) is 11.8 Å². The number of hydrogen-bond acceptors (Lipinski definition) is 5. The van der Waals surface area contributed by atoms with Gasteiger partial charge in [-0.25, -0.2) is 0 Å². The number of nitrogens with one attached hydrogen (secondary N) is 1. The highest BCUT2D eigenvalue weighted by Crippen LogP contribution is 2.29. The third-order valence-electron chi connectivity index (χ3n) is 4.15. The van der Waals surface area contributed by atoms with Gasteiger partial charge < -0.3 is 14.6 Å². The molecule has 1 heterocycles. The summed E-state index contributed by atoms with van der Waals surface area (Å²) in [5.74, 6) is 1.24. The fourth-order valence-corrected chi connectivity index (χ4v) is 3.71. The molecule has 0 bridgehead atoms. The van der Waals surface area contributed by atoms with E-state index in [0.717, 1.165) is 11.4 Å². The summed E-state index contributed by atoms with van der Waals surface area (Å²) in [5.41, 5.74) is 1.57. The average Bonchev–Trinajstić information content (AvgIpc) is 3.11. The Bertz CT molecular complexity index is 959. The van der Waals surface area contributed by atoms with Gasteiger partial charge in [-0.3, -0.25) is 4.79 Å². The number of carbonyl (C=O) groups is 1. The van der Waals surface area contributed by atoms with Crippen molar-refractivity contribution in [1.29, 1.82) is 0 Å².